The third-order valence-corrected chi connectivity index (χ3v) is 4.62. The third kappa shape index (κ3) is 6.27. The monoisotopic (exact) mass is 381 g/mol. The summed E-state index contributed by atoms with van der Waals surface area (Å²) in [5.74, 6) is -2.03. The summed E-state index contributed by atoms with van der Waals surface area (Å²) in [7, 11) is 0. The van der Waals surface area contributed by atoms with E-state index in [0.717, 1.165) is 5.56 Å². The molecule has 1 fully saturated rings. The average molecular weight is 381 g/mol. The maximum Gasteiger partial charge on any atom is 0.308 e. The van der Waals surface area contributed by atoms with Crippen LogP contribution >= 0.6 is 0 Å². The number of benzene rings is 1. The van der Waals surface area contributed by atoms with Crippen LogP contribution in [0.25, 0.3) is 0 Å². The molecule has 3 unspecified atom stereocenters. The average Bonchev–Trinajstić information content (AvgIpc) is 3.14. The number of rotatable bonds is 10. The highest BCUT2D eigenvalue weighted by Crippen LogP contribution is 2.23. The molecule has 0 bridgehead atoms. The molecule has 0 aliphatic carbocycles. The van der Waals surface area contributed by atoms with Crippen LogP contribution in [0.1, 0.15) is 38.3 Å². The summed E-state index contributed by atoms with van der Waals surface area (Å²) in [4.78, 5) is 25.7. The number of carbonyl (C=O) groups is 2. The largest absolute Gasteiger partial charge is 0.481 e. The fourth-order valence-electron chi connectivity index (χ4n) is 3.05. The van der Waals surface area contributed by atoms with E-state index in [0.29, 0.717) is 32.6 Å². The molecular weight excluding hydrogens is 353 g/mol. The summed E-state index contributed by atoms with van der Waals surface area (Å²) in [6, 6.07) is 5.58. The maximum atomic E-state index is 13.1. The van der Waals surface area contributed by atoms with E-state index in [2.05, 4.69) is 10.9 Å². The van der Waals surface area contributed by atoms with Gasteiger partial charge < -0.3 is 14.7 Å². The molecule has 2 rings (SSSR count). The SMILES string of the molecule is CCOCCCN(CC(C)C(=O)O)C(=O)C1CC(c2ccc(F)cc2)NN1. The Kier molecular flexibility index (Phi) is 8.15. The Morgan fingerprint density at radius 1 is 1.33 bits per heavy atom. The molecule has 1 amide bonds. The zero-order chi connectivity index (χ0) is 19.8. The summed E-state index contributed by atoms with van der Waals surface area (Å²) >= 11 is 0. The number of carbonyl (C=O) groups excluding carboxylic acids is 1. The van der Waals surface area contributed by atoms with Gasteiger partial charge in [-0.1, -0.05) is 19.1 Å². The second kappa shape index (κ2) is 10.3. The van der Waals surface area contributed by atoms with E-state index < -0.39 is 17.9 Å². The Labute approximate surface area is 158 Å². The van der Waals surface area contributed by atoms with E-state index in [1.807, 2.05) is 6.92 Å². The zero-order valence-corrected chi connectivity index (χ0v) is 15.8. The lowest BCUT2D eigenvalue weighted by atomic mass is 10.0. The first-order valence-corrected chi connectivity index (χ1v) is 9.28. The number of hydrogen-bond donors (Lipinski definition) is 3. The lowest BCUT2D eigenvalue weighted by Gasteiger charge is -2.27. The lowest BCUT2D eigenvalue weighted by molar-refractivity contribution is -0.143. The van der Waals surface area contributed by atoms with Gasteiger partial charge in [-0.05, 0) is 37.5 Å². The first kappa shape index (κ1) is 21.3. The highest BCUT2D eigenvalue weighted by atomic mass is 19.1. The maximum absolute atomic E-state index is 13.1. The van der Waals surface area contributed by atoms with E-state index in [1.165, 1.54) is 12.1 Å². The molecule has 7 nitrogen and oxygen atoms in total. The van der Waals surface area contributed by atoms with Gasteiger partial charge >= 0.3 is 5.97 Å². The summed E-state index contributed by atoms with van der Waals surface area (Å²) in [5, 5.41) is 9.18. The van der Waals surface area contributed by atoms with Gasteiger partial charge in [-0.3, -0.25) is 9.59 Å². The quantitative estimate of drug-likeness (QED) is 0.535. The molecule has 1 saturated heterocycles. The van der Waals surface area contributed by atoms with Gasteiger partial charge in [-0.25, -0.2) is 15.2 Å². The minimum atomic E-state index is -0.931. The summed E-state index contributed by atoms with van der Waals surface area (Å²) < 4.78 is 18.4. The fraction of sp³-hybridized carbons (Fsp3) is 0.579. The van der Waals surface area contributed by atoms with Crippen LogP contribution < -0.4 is 10.9 Å². The Hall–Kier alpha value is -2.03. The van der Waals surface area contributed by atoms with E-state index in [1.54, 1.807) is 24.0 Å². The standard InChI is InChI=1S/C19H28FN3O4/c1-3-27-10-4-9-23(12-13(2)19(25)26)18(24)17-11-16(21-22-17)14-5-7-15(20)8-6-14/h5-8,13,16-17,21-22H,3-4,9-12H2,1-2H3,(H,25,26). The van der Waals surface area contributed by atoms with Crippen molar-refractivity contribution in [2.75, 3.05) is 26.3 Å². The summed E-state index contributed by atoms with van der Waals surface area (Å²) in [6.45, 7) is 5.21. The zero-order valence-electron chi connectivity index (χ0n) is 15.8. The Morgan fingerprint density at radius 2 is 2.04 bits per heavy atom. The molecule has 1 heterocycles. The number of aliphatic carboxylic acids is 1. The van der Waals surface area contributed by atoms with Crippen molar-refractivity contribution in [3.8, 4) is 0 Å². The van der Waals surface area contributed by atoms with Gasteiger partial charge in [0.05, 0.1) is 5.92 Å². The number of hydrazine groups is 1. The molecule has 1 aliphatic rings. The minimum absolute atomic E-state index is 0.110. The van der Waals surface area contributed by atoms with Gasteiger partial charge in [0.25, 0.3) is 0 Å². The van der Waals surface area contributed by atoms with Crippen LogP contribution in [-0.4, -0.2) is 54.2 Å². The number of carboxylic acid groups (broad SMARTS) is 1. The molecule has 1 aromatic carbocycles. The number of halogens is 1. The van der Waals surface area contributed by atoms with Crippen LogP contribution in [0.15, 0.2) is 24.3 Å². The first-order chi connectivity index (χ1) is 12.9. The molecule has 0 aromatic heterocycles. The van der Waals surface area contributed by atoms with Crippen LogP contribution in [0.5, 0.6) is 0 Å². The van der Waals surface area contributed by atoms with Crippen molar-refractivity contribution in [3.05, 3.63) is 35.6 Å². The van der Waals surface area contributed by atoms with Crippen molar-refractivity contribution >= 4 is 11.9 Å². The number of ether oxygens (including phenoxy) is 1. The van der Waals surface area contributed by atoms with E-state index >= 15 is 0 Å². The smallest absolute Gasteiger partial charge is 0.308 e. The molecule has 3 atom stereocenters. The molecule has 0 saturated carbocycles. The van der Waals surface area contributed by atoms with Crippen LogP contribution in [0.4, 0.5) is 4.39 Å². The van der Waals surface area contributed by atoms with Gasteiger partial charge in [0.1, 0.15) is 11.9 Å². The molecule has 1 aliphatic heterocycles. The molecule has 0 radical (unpaired) electrons. The Bertz CT molecular complexity index is 626. The highest BCUT2D eigenvalue weighted by Gasteiger charge is 2.33. The third-order valence-electron chi connectivity index (χ3n) is 4.62. The molecule has 8 heteroatoms. The van der Waals surface area contributed by atoms with Crippen molar-refractivity contribution in [1.82, 2.24) is 15.8 Å². The topological polar surface area (TPSA) is 90.9 Å². The molecule has 0 spiro atoms. The Balaban J connectivity index is 1.98. The second-order valence-corrected chi connectivity index (χ2v) is 6.76. The van der Waals surface area contributed by atoms with Gasteiger partial charge in [-0.15, -0.1) is 0 Å². The fourth-order valence-corrected chi connectivity index (χ4v) is 3.05. The molecule has 1 aromatic rings. The lowest BCUT2D eigenvalue weighted by Crippen LogP contribution is -2.48. The molecule has 3 N–H and O–H groups in total. The van der Waals surface area contributed by atoms with Gasteiger partial charge in [0, 0.05) is 32.3 Å². The van der Waals surface area contributed by atoms with Crippen molar-refractivity contribution in [2.45, 2.75) is 38.8 Å². The predicted molar refractivity (Wildman–Crippen MR) is 98.3 cm³/mol. The number of nitrogens with zero attached hydrogens (tertiary/aromatic N) is 1. The van der Waals surface area contributed by atoms with E-state index in [4.69, 9.17) is 4.74 Å². The predicted octanol–water partition coefficient (Wildman–Crippen LogP) is 1.71. The summed E-state index contributed by atoms with van der Waals surface area (Å²) in [6.07, 6.45) is 1.15. The highest BCUT2D eigenvalue weighted by molar-refractivity contribution is 5.83. The number of hydrogen-bond acceptors (Lipinski definition) is 5. The van der Waals surface area contributed by atoms with Crippen molar-refractivity contribution < 1.29 is 23.8 Å². The van der Waals surface area contributed by atoms with E-state index in [9.17, 15) is 19.1 Å². The first-order valence-electron chi connectivity index (χ1n) is 9.28. The van der Waals surface area contributed by atoms with Crippen molar-refractivity contribution in [2.24, 2.45) is 5.92 Å². The Morgan fingerprint density at radius 3 is 2.67 bits per heavy atom. The van der Waals surface area contributed by atoms with Crippen LogP contribution in [0.3, 0.4) is 0 Å². The molecular formula is C19H28FN3O4. The van der Waals surface area contributed by atoms with Crippen LogP contribution in [0, 0.1) is 11.7 Å². The van der Waals surface area contributed by atoms with Crippen LogP contribution in [0.2, 0.25) is 0 Å². The van der Waals surface area contributed by atoms with E-state index in [-0.39, 0.29) is 24.3 Å². The molecule has 150 valence electrons. The number of nitrogens with one attached hydrogen (secondary N) is 2. The summed E-state index contributed by atoms with van der Waals surface area (Å²) in [5.41, 5.74) is 6.95. The minimum Gasteiger partial charge on any atom is -0.481 e. The van der Waals surface area contributed by atoms with Gasteiger partial charge in [0.15, 0.2) is 0 Å². The van der Waals surface area contributed by atoms with Crippen molar-refractivity contribution in [3.63, 3.8) is 0 Å². The number of carboxylic acids is 1. The van der Waals surface area contributed by atoms with Crippen molar-refractivity contribution in [1.29, 1.82) is 0 Å². The van der Waals surface area contributed by atoms with Crippen LogP contribution in [-0.2, 0) is 14.3 Å². The normalized spacial score (nSPS) is 20.4. The number of amides is 1. The molecule has 27 heavy (non-hydrogen) atoms. The second-order valence-electron chi connectivity index (χ2n) is 6.76. The van der Waals surface area contributed by atoms with Gasteiger partial charge in [-0.2, -0.15) is 0 Å². The van der Waals surface area contributed by atoms with Gasteiger partial charge in [0.2, 0.25) is 5.91 Å².